The topological polar surface area (TPSA) is 124 Å². The number of hydrogen-bond acceptors (Lipinski definition) is 7. The van der Waals surface area contributed by atoms with Crippen molar-refractivity contribution >= 4 is 17.5 Å². The van der Waals surface area contributed by atoms with Gasteiger partial charge in [0.2, 0.25) is 5.79 Å². The van der Waals surface area contributed by atoms with Crippen LogP contribution in [0.1, 0.15) is 130 Å². The van der Waals surface area contributed by atoms with Gasteiger partial charge in [0.05, 0.1) is 17.7 Å². The summed E-state index contributed by atoms with van der Waals surface area (Å²) in [6, 6.07) is -0.660. The van der Waals surface area contributed by atoms with Crippen LogP contribution in [0.5, 0.6) is 0 Å². The van der Waals surface area contributed by atoms with Crippen molar-refractivity contribution in [3.05, 3.63) is 36.6 Å². The van der Waals surface area contributed by atoms with Crippen LogP contribution in [-0.4, -0.2) is 67.8 Å². The fraction of sp³-hybridized carbons (Fsp3) is 0.757. The number of amides is 1. The van der Waals surface area contributed by atoms with Crippen LogP contribution in [0, 0.1) is 17.8 Å². The van der Waals surface area contributed by atoms with Crippen molar-refractivity contribution in [2.24, 2.45) is 17.8 Å². The fourth-order valence-electron chi connectivity index (χ4n) is 7.43. The van der Waals surface area contributed by atoms with Gasteiger partial charge in [0, 0.05) is 18.9 Å². The van der Waals surface area contributed by atoms with Crippen molar-refractivity contribution in [2.75, 3.05) is 6.54 Å². The van der Waals surface area contributed by atoms with Crippen LogP contribution >= 0.6 is 0 Å². The number of nitrogens with zero attached hydrogens (tertiary/aromatic N) is 1. The molecule has 8 heteroatoms. The molecule has 3 rings (SSSR count). The monoisotopic (exact) mass is 629 g/mol. The van der Waals surface area contributed by atoms with Gasteiger partial charge in [0.25, 0.3) is 11.7 Å². The first-order valence-electron chi connectivity index (χ1n) is 17.5. The first-order chi connectivity index (χ1) is 21.3. The van der Waals surface area contributed by atoms with Crippen LogP contribution in [-0.2, 0) is 19.1 Å². The molecular weight excluding hydrogens is 570 g/mol. The van der Waals surface area contributed by atoms with Gasteiger partial charge in [-0.15, -0.1) is 0 Å². The summed E-state index contributed by atoms with van der Waals surface area (Å²) in [5, 5.41) is 31.2. The highest BCUT2D eigenvalue weighted by atomic mass is 16.6. The number of likely N-dealkylation sites (tertiary alicyclic amines) is 1. The van der Waals surface area contributed by atoms with Crippen LogP contribution in [0.3, 0.4) is 0 Å². The van der Waals surface area contributed by atoms with Gasteiger partial charge in [-0.05, 0) is 102 Å². The number of ketones is 2. The summed E-state index contributed by atoms with van der Waals surface area (Å²) < 4.78 is 5.96. The molecule has 0 radical (unpaired) electrons. The zero-order chi connectivity index (χ0) is 33.0. The zero-order valence-corrected chi connectivity index (χ0v) is 28.1. The molecule has 254 valence electrons. The van der Waals surface area contributed by atoms with Gasteiger partial charge in [-0.25, -0.2) is 0 Å². The van der Waals surface area contributed by atoms with Gasteiger partial charge in [0.15, 0.2) is 5.78 Å². The van der Waals surface area contributed by atoms with Crippen molar-refractivity contribution < 1.29 is 34.4 Å². The number of allylic oxidation sites excluding steroid dienone is 4. The highest BCUT2D eigenvalue weighted by Crippen LogP contribution is 2.41. The van der Waals surface area contributed by atoms with Gasteiger partial charge >= 0.3 is 0 Å². The standard InChI is InChI=1S/C37H59NO7/c1-27(24-30-17-15-19-31(40)25-30)16-11-9-7-5-6-8-10-12-18-32(41)26-36(4)22-21-28(2)37(44,45-36)34(42)35(43)38-23-14-13-20-33(38)29(3)39/h5-6,12,18,27-28,30-31,33,39-40,44H,3,7-11,13-17,19-26H2,1-2,4H3/b6-5+,18-12+/t27-,28?,30?,31?,33?,36?,37?/m0/s1. The minimum atomic E-state index is -2.34. The van der Waals surface area contributed by atoms with E-state index in [0.29, 0.717) is 44.1 Å². The molecule has 1 amide bonds. The van der Waals surface area contributed by atoms with E-state index in [2.05, 4.69) is 25.7 Å². The zero-order valence-electron chi connectivity index (χ0n) is 28.1. The predicted molar refractivity (Wildman–Crippen MR) is 176 cm³/mol. The Morgan fingerprint density at radius 3 is 2.49 bits per heavy atom. The molecule has 8 nitrogen and oxygen atoms in total. The summed E-state index contributed by atoms with van der Waals surface area (Å²) in [5.74, 6) is -3.83. The first kappa shape index (κ1) is 37.2. The maximum absolute atomic E-state index is 13.3. The molecular formula is C37H59NO7. The molecule has 3 N–H and O–H groups in total. The smallest absolute Gasteiger partial charge is 0.296 e. The quantitative estimate of drug-likeness (QED) is 0.0558. The van der Waals surface area contributed by atoms with E-state index in [9.17, 15) is 29.7 Å². The van der Waals surface area contributed by atoms with Crippen molar-refractivity contribution in [1.29, 1.82) is 0 Å². The van der Waals surface area contributed by atoms with E-state index in [1.807, 2.05) is 6.08 Å². The maximum atomic E-state index is 13.3. The third-order valence-electron chi connectivity index (χ3n) is 10.2. The third-order valence-corrected chi connectivity index (χ3v) is 10.2. The number of carbonyl (C=O) groups is 3. The number of Topliss-reactive ketones (excluding diaryl/α,β-unsaturated/α-hetero) is 1. The molecule has 0 aromatic heterocycles. The highest BCUT2D eigenvalue weighted by Gasteiger charge is 2.55. The maximum Gasteiger partial charge on any atom is 0.296 e. The lowest BCUT2D eigenvalue weighted by molar-refractivity contribution is -0.290. The second-order valence-corrected chi connectivity index (χ2v) is 14.4. The first-order valence-corrected chi connectivity index (χ1v) is 17.5. The molecule has 7 atom stereocenters. The van der Waals surface area contributed by atoms with Gasteiger partial charge < -0.3 is 25.0 Å². The Hall–Kier alpha value is -2.29. The second-order valence-electron chi connectivity index (χ2n) is 14.4. The summed E-state index contributed by atoms with van der Waals surface area (Å²) in [7, 11) is 0. The molecule has 45 heavy (non-hydrogen) atoms. The van der Waals surface area contributed by atoms with Crippen LogP contribution in [0.2, 0.25) is 0 Å². The summed E-state index contributed by atoms with van der Waals surface area (Å²) in [5.41, 5.74) is -1.09. The summed E-state index contributed by atoms with van der Waals surface area (Å²) in [6.07, 6.45) is 22.5. The number of hydrogen-bond donors (Lipinski definition) is 3. The largest absolute Gasteiger partial charge is 0.511 e. The lowest BCUT2D eigenvalue weighted by Crippen LogP contribution is -2.62. The molecule has 2 saturated heterocycles. The fourth-order valence-corrected chi connectivity index (χ4v) is 7.43. The predicted octanol–water partition coefficient (Wildman–Crippen LogP) is 6.89. The second kappa shape index (κ2) is 17.6. The third kappa shape index (κ3) is 11.2. The van der Waals surface area contributed by atoms with Gasteiger partial charge in [0.1, 0.15) is 5.76 Å². The van der Waals surface area contributed by atoms with Crippen LogP contribution < -0.4 is 0 Å². The normalized spacial score (nSPS) is 31.7. The Bertz CT molecular complexity index is 1070. The van der Waals surface area contributed by atoms with E-state index in [0.717, 1.165) is 38.5 Å². The molecule has 2 aliphatic heterocycles. The summed E-state index contributed by atoms with van der Waals surface area (Å²) in [6.45, 7) is 9.56. The van der Waals surface area contributed by atoms with E-state index >= 15 is 0 Å². The molecule has 6 unspecified atom stereocenters. The average Bonchev–Trinajstić information content (AvgIpc) is 2.99. The van der Waals surface area contributed by atoms with E-state index < -0.39 is 35.0 Å². The Labute approximate surface area is 271 Å². The minimum Gasteiger partial charge on any atom is -0.511 e. The Kier molecular flexibility index (Phi) is 14.5. The average molecular weight is 630 g/mol. The van der Waals surface area contributed by atoms with E-state index in [1.165, 1.54) is 43.4 Å². The molecule has 0 aromatic carbocycles. The molecule has 3 aliphatic rings. The van der Waals surface area contributed by atoms with E-state index in [1.54, 1.807) is 19.9 Å². The van der Waals surface area contributed by atoms with Crippen LogP contribution in [0.25, 0.3) is 0 Å². The number of unbranched alkanes of at least 4 members (excludes halogenated alkanes) is 3. The number of ether oxygens (including phenoxy) is 1. The minimum absolute atomic E-state index is 0.00459. The van der Waals surface area contributed by atoms with Crippen LogP contribution in [0.4, 0.5) is 0 Å². The molecule has 1 saturated carbocycles. The summed E-state index contributed by atoms with van der Waals surface area (Å²) >= 11 is 0. The number of carbonyl (C=O) groups excluding carboxylic acids is 3. The number of rotatable bonds is 16. The Morgan fingerprint density at radius 1 is 1.02 bits per heavy atom. The van der Waals surface area contributed by atoms with Crippen LogP contribution in [0.15, 0.2) is 36.6 Å². The lowest BCUT2D eigenvalue weighted by atomic mass is 9.80. The molecule has 3 fully saturated rings. The SMILES string of the molecule is C=C(O)C1CCCCN1C(=O)C(=O)C1(O)OC(C)(CC(=O)/C=C/CC/C=C/CCCC[C@H](C)CC2CCCC(O)C2)CCC1C. The molecule has 2 heterocycles. The highest BCUT2D eigenvalue weighted by molar-refractivity contribution is 6.39. The number of aliphatic hydroxyl groups is 3. The number of aliphatic hydroxyl groups excluding tert-OH is 2. The molecule has 1 aliphatic carbocycles. The van der Waals surface area contributed by atoms with Gasteiger partial charge in [-0.1, -0.05) is 64.3 Å². The number of piperidine rings is 1. The van der Waals surface area contributed by atoms with Gasteiger partial charge in [-0.2, -0.15) is 0 Å². The molecule has 0 aromatic rings. The van der Waals surface area contributed by atoms with Gasteiger partial charge in [-0.3, -0.25) is 14.4 Å². The van der Waals surface area contributed by atoms with Crippen molar-refractivity contribution in [3.8, 4) is 0 Å². The lowest BCUT2D eigenvalue weighted by Gasteiger charge is -2.46. The van der Waals surface area contributed by atoms with Crippen molar-refractivity contribution in [3.63, 3.8) is 0 Å². The van der Waals surface area contributed by atoms with E-state index in [-0.39, 0.29) is 24.1 Å². The Balaban J connectivity index is 1.37. The van der Waals surface area contributed by atoms with Crippen molar-refractivity contribution in [1.82, 2.24) is 4.90 Å². The molecule has 0 spiro atoms. The molecule has 0 bridgehead atoms. The van der Waals surface area contributed by atoms with E-state index in [4.69, 9.17) is 4.74 Å². The van der Waals surface area contributed by atoms with Crippen molar-refractivity contribution in [2.45, 2.75) is 153 Å². The Morgan fingerprint density at radius 2 is 1.76 bits per heavy atom. The summed E-state index contributed by atoms with van der Waals surface area (Å²) in [4.78, 5) is 40.6.